The zero-order valence-corrected chi connectivity index (χ0v) is 17.7. The standard InChI is InChI=1S/C18H25N5O4S2/c24-17(19-14-4-1-2-5-14)15-12-22(21-20-15)13-18(25)7-9-23(10-8-18)29(26,27)16-6-3-11-28-16/h3,6,11-12,14,25H,1-2,4-5,7-10,13H2,(H,19,24). The molecule has 0 bridgehead atoms. The first-order valence-corrected chi connectivity index (χ1v) is 12.1. The van der Waals surface area contributed by atoms with Crippen molar-refractivity contribution in [1.82, 2.24) is 24.6 Å². The Morgan fingerprint density at radius 2 is 2.03 bits per heavy atom. The van der Waals surface area contributed by atoms with E-state index in [2.05, 4.69) is 15.6 Å². The average Bonchev–Trinajstić information content (AvgIpc) is 3.44. The summed E-state index contributed by atoms with van der Waals surface area (Å²) in [4.78, 5) is 12.3. The van der Waals surface area contributed by atoms with Crippen LogP contribution in [0.2, 0.25) is 0 Å². The predicted octanol–water partition coefficient (Wildman–Crippen LogP) is 1.23. The average molecular weight is 440 g/mol. The number of piperidine rings is 1. The summed E-state index contributed by atoms with van der Waals surface area (Å²) in [7, 11) is -3.51. The minimum Gasteiger partial charge on any atom is -0.388 e. The third-order valence-corrected chi connectivity index (χ3v) is 8.93. The van der Waals surface area contributed by atoms with E-state index in [0.29, 0.717) is 17.1 Å². The maximum atomic E-state index is 12.6. The van der Waals surface area contributed by atoms with Crippen LogP contribution in [0, 0.1) is 0 Å². The second kappa shape index (κ2) is 8.13. The SMILES string of the molecule is O=C(NC1CCCC1)c1cn(CC2(O)CCN(S(=O)(=O)c3cccs3)CC2)nn1. The Kier molecular flexibility index (Phi) is 5.74. The summed E-state index contributed by atoms with van der Waals surface area (Å²) < 4.78 is 28.4. The molecule has 11 heteroatoms. The number of thiophene rings is 1. The molecule has 29 heavy (non-hydrogen) atoms. The maximum absolute atomic E-state index is 12.6. The highest BCUT2D eigenvalue weighted by Gasteiger charge is 2.38. The lowest BCUT2D eigenvalue weighted by molar-refractivity contribution is -0.0224. The van der Waals surface area contributed by atoms with Crippen LogP contribution in [0.15, 0.2) is 27.9 Å². The van der Waals surface area contributed by atoms with E-state index in [0.717, 1.165) is 25.7 Å². The van der Waals surface area contributed by atoms with E-state index in [-0.39, 0.29) is 37.3 Å². The fourth-order valence-corrected chi connectivity index (χ4v) is 6.54. The Hall–Kier alpha value is -1.82. The molecule has 2 aromatic heterocycles. The van der Waals surface area contributed by atoms with E-state index in [4.69, 9.17) is 0 Å². The highest BCUT2D eigenvalue weighted by molar-refractivity contribution is 7.91. The molecule has 1 aliphatic carbocycles. The Morgan fingerprint density at radius 1 is 1.31 bits per heavy atom. The number of carbonyl (C=O) groups is 1. The second-order valence-corrected chi connectivity index (χ2v) is 10.9. The summed E-state index contributed by atoms with van der Waals surface area (Å²) in [6.45, 7) is 0.643. The van der Waals surface area contributed by atoms with Crippen LogP contribution >= 0.6 is 11.3 Å². The first-order valence-electron chi connectivity index (χ1n) is 9.83. The quantitative estimate of drug-likeness (QED) is 0.699. The van der Waals surface area contributed by atoms with Crippen LogP contribution in [0.5, 0.6) is 0 Å². The number of sulfonamides is 1. The van der Waals surface area contributed by atoms with Gasteiger partial charge < -0.3 is 10.4 Å². The van der Waals surface area contributed by atoms with Crippen molar-refractivity contribution in [3.63, 3.8) is 0 Å². The van der Waals surface area contributed by atoms with Crippen molar-refractivity contribution in [2.75, 3.05) is 13.1 Å². The largest absolute Gasteiger partial charge is 0.388 e. The number of nitrogens with zero attached hydrogens (tertiary/aromatic N) is 4. The molecule has 0 spiro atoms. The molecule has 9 nitrogen and oxygen atoms in total. The lowest BCUT2D eigenvalue weighted by Gasteiger charge is -2.37. The van der Waals surface area contributed by atoms with Crippen LogP contribution in [-0.2, 0) is 16.6 Å². The molecule has 2 aliphatic rings. The molecule has 2 aromatic rings. The molecule has 1 aliphatic heterocycles. The Labute approximate surface area is 173 Å². The van der Waals surface area contributed by atoms with Gasteiger partial charge in [-0.25, -0.2) is 13.1 Å². The van der Waals surface area contributed by atoms with Crippen molar-refractivity contribution in [2.45, 2.75) is 60.9 Å². The molecule has 1 saturated heterocycles. The summed E-state index contributed by atoms with van der Waals surface area (Å²) in [5.74, 6) is -0.244. The van der Waals surface area contributed by atoms with Gasteiger partial charge in [0.05, 0.1) is 18.3 Å². The minimum atomic E-state index is -3.51. The van der Waals surface area contributed by atoms with Gasteiger partial charge in [-0.15, -0.1) is 16.4 Å². The maximum Gasteiger partial charge on any atom is 0.273 e. The molecule has 2 N–H and O–H groups in total. The third-order valence-electron chi connectivity index (χ3n) is 5.66. The number of amides is 1. The van der Waals surface area contributed by atoms with Crippen molar-refractivity contribution in [3.05, 3.63) is 29.4 Å². The van der Waals surface area contributed by atoms with Gasteiger partial charge >= 0.3 is 0 Å². The van der Waals surface area contributed by atoms with Crippen molar-refractivity contribution in [2.24, 2.45) is 0 Å². The molecule has 4 rings (SSSR count). The molecule has 158 valence electrons. The van der Waals surface area contributed by atoms with Crippen LogP contribution in [0.25, 0.3) is 0 Å². The topological polar surface area (TPSA) is 117 Å². The van der Waals surface area contributed by atoms with Crippen LogP contribution in [0.1, 0.15) is 49.0 Å². The van der Waals surface area contributed by atoms with Gasteiger partial charge in [0, 0.05) is 19.1 Å². The summed E-state index contributed by atoms with van der Waals surface area (Å²) >= 11 is 1.19. The number of aromatic nitrogens is 3. The van der Waals surface area contributed by atoms with Gasteiger partial charge in [-0.05, 0) is 37.1 Å². The zero-order valence-electron chi connectivity index (χ0n) is 16.0. The van der Waals surface area contributed by atoms with Gasteiger partial charge in [-0.1, -0.05) is 24.1 Å². The Balaban J connectivity index is 1.34. The van der Waals surface area contributed by atoms with Crippen molar-refractivity contribution in [1.29, 1.82) is 0 Å². The Morgan fingerprint density at radius 3 is 2.69 bits per heavy atom. The monoisotopic (exact) mass is 439 g/mol. The van der Waals surface area contributed by atoms with E-state index >= 15 is 0 Å². The van der Waals surface area contributed by atoms with E-state index in [1.165, 1.54) is 26.5 Å². The molecule has 2 fully saturated rings. The number of nitrogens with one attached hydrogen (secondary N) is 1. The molecule has 0 aromatic carbocycles. The van der Waals surface area contributed by atoms with Crippen molar-refractivity contribution >= 4 is 27.3 Å². The fraction of sp³-hybridized carbons (Fsp3) is 0.611. The van der Waals surface area contributed by atoms with E-state index in [1.54, 1.807) is 17.5 Å². The first kappa shape index (κ1) is 20.5. The van der Waals surface area contributed by atoms with E-state index in [9.17, 15) is 18.3 Å². The molecule has 3 heterocycles. The summed E-state index contributed by atoms with van der Waals surface area (Å²) in [5, 5.41) is 23.5. The highest BCUT2D eigenvalue weighted by atomic mass is 32.2. The minimum absolute atomic E-state index is 0.170. The third kappa shape index (κ3) is 4.52. The number of hydrogen-bond donors (Lipinski definition) is 2. The van der Waals surface area contributed by atoms with Gasteiger partial charge in [0.15, 0.2) is 5.69 Å². The molecule has 0 unspecified atom stereocenters. The molecular weight excluding hydrogens is 414 g/mol. The van der Waals surface area contributed by atoms with Crippen LogP contribution in [0.3, 0.4) is 0 Å². The Bertz CT molecular complexity index is 943. The number of hydrogen-bond acceptors (Lipinski definition) is 7. The predicted molar refractivity (Wildman–Crippen MR) is 107 cm³/mol. The van der Waals surface area contributed by atoms with E-state index < -0.39 is 15.6 Å². The molecule has 0 atom stereocenters. The van der Waals surface area contributed by atoms with Gasteiger partial charge in [-0.3, -0.25) is 4.79 Å². The summed E-state index contributed by atoms with van der Waals surface area (Å²) in [5.41, 5.74) is -0.854. The van der Waals surface area contributed by atoms with Gasteiger partial charge in [0.2, 0.25) is 0 Å². The molecule has 1 amide bonds. The summed E-state index contributed by atoms with van der Waals surface area (Å²) in [6.07, 6.45) is 6.36. The number of carbonyl (C=O) groups excluding carboxylic acids is 1. The number of rotatable bonds is 6. The van der Waals surface area contributed by atoms with Crippen LogP contribution in [0.4, 0.5) is 0 Å². The van der Waals surface area contributed by atoms with Crippen molar-refractivity contribution in [3.8, 4) is 0 Å². The van der Waals surface area contributed by atoms with E-state index in [1.807, 2.05) is 0 Å². The fourth-order valence-electron chi connectivity index (χ4n) is 3.95. The van der Waals surface area contributed by atoms with Gasteiger partial charge in [0.1, 0.15) is 4.21 Å². The lowest BCUT2D eigenvalue weighted by atomic mass is 9.92. The molecule has 0 radical (unpaired) electrons. The van der Waals surface area contributed by atoms with Crippen molar-refractivity contribution < 1.29 is 18.3 Å². The molecule has 1 saturated carbocycles. The first-order chi connectivity index (χ1) is 13.9. The van der Waals surface area contributed by atoms with Gasteiger partial charge in [-0.2, -0.15) is 4.31 Å². The summed E-state index contributed by atoms with van der Waals surface area (Å²) in [6, 6.07) is 3.50. The zero-order chi connectivity index (χ0) is 20.5. The number of aliphatic hydroxyl groups is 1. The molecular formula is C18H25N5O4S2. The van der Waals surface area contributed by atoms with Gasteiger partial charge in [0.25, 0.3) is 15.9 Å². The van der Waals surface area contributed by atoms with Crippen LogP contribution in [-0.4, -0.2) is 63.5 Å². The second-order valence-electron chi connectivity index (χ2n) is 7.82. The highest BCUT2D eigenvalue weighted by Crippen LogP contribution is 2.29. The smallest absolute Gasteiger partial charge is 0.273 e. The lowest BCUT2D eigenvalue weighted by Crippen LogP contribution is -2.48. The normalized spacial score (nSPS) is 20.7. The van der Waals surface area contributed by atoms with Crippen LogP contribution < -0.4 is 5.32 Å².